The van der Waals surface area contributed by atoms with Gasteiger partial charge in [0.2, 0.25) is 0 Å². The smallest absolute Gasteiger partial charge is 0.140 e. The van der Waals surface area contributed by atoms with E-state index in [4.69, 9.17) is 0 Å². The molecule has 2 heteroatoms. The zero-order valence-corrected chi connectivity index (χ0v) is 15.9. The van der Waals surface area contributed by atoms with Gasteiger partial charge in [0.1, 0.15) is 5.78 Å². The molecule has 0 saturated carbocycles. The Morgan fingerprint density at radius 3 is 2.40 bits per heavy atom. The standard InChI is InChI=1S/C23H29NO/c1-5-11-21(25)22(2,3)23(4)16-19-14-9-10-15-20(19)24(23)17-18-12-7-6-8-13-18/h6-10,12-15H,5,11,16-17H2,1-4H3/t23-/m1/s1. The number of Topliss-reactive ketones (excluding diaryl/α,β-unsaturated/α-hetero) is 1. The predicted octanol–water partition coefficient (Wildman–Crippen LogP) is 5.40. The van der Waals surface area contributed by atoms with Crippen molar-refractivity contribution in [3.63, 3.8) is 0 Å². The van der Waals surface area contributed by atoms with Gasteiger partial charge in [-0.2, -0.15) is 0 Å². The van der Waals surface area contributed by atoms with Crippen molar-refractivity contribution in [1.82, 2.24) is 0 Å². The molecule has 0 unspecified atom stereocenters. The third kappa shape index (κ3) is 2.99. The number of carbonyl (C=O) groups is 1. The zero-order valence-electron chi connectivity index (χ0n) is 15.9. The first-order chi connectivity index (χ1) is 11.9. The monoisotopic (exact) mass is 335 g/mol. The van der Waals surface area contributed by atoms with Crippen molar-refractivity contribution in [3.05, 3.63) is 65.7 Å². The molecule has 0 aliphatic carbocycles. The van der Waals surface area contributed by atoms with Crippen molar-refractivity contribution in [2.24, 2.45) is 5.41 Å². The van der Waals surface area contributed by atoms with Crippen molar-refractivity contribution in [2.45, 2.75) is 59.0 Å². The molecule has 2 aromatic carbocycles. The molecule has 1 aliphatic rings. The number of para-hydroxylation sites is 1. The normalized spacial score (nSPS) is 19.8. The zero-order chi connectivity index (χ0) is 18.1. The Morgan fingerprint density at radius 2 is 1.72 bits per heavy atom. The molecule has 3 rings (SSSR count). The number of benzene rings is 2. The third-order valence-electron chi connectivity index (χ3n) is 6.12. The van der Waals surface area contributed by atoms with Gasteiger partial charge in [0.25, 0.3) is 0 Å². The molecule has 2 nitrogen and oxygen atoms in total. The lowest BCUT2D eigenvalue weighted by Crippen LogP contribution is -2.57. The van der Waals surface area contributed by atoms with E-state index in [1.54, 1.807) is 0 Å². The summed E-state index contributed by atoms with van der Waals surface area (Å²) < 4.78 is 0. The number of rotatable bonds is 6. The number of fused-ring (bicyclic) bond motifs is 1. The van der Waals surface area contributed by atoms with Crippen LogP contribution in [0.25, 0.3) is 0 Å². The summed E-state index contributed by atoms with van der Waals surface area (Å²) in [6, 6.07) is 19.2. The summed E-state index contributed by atoms with van der Waals surface area (Å²) >= 11 is 0. The molecule has 0 fully saturated rings. The van der Waals surface area contributed by atoms with Crippen LogP contribution in [0.4, 0.5) is 5.69 Å². The van der Waals surface area contributed by atoms with Crippen LogP contribution in [0.1, 0.15) is 51.7 Å². The largest absolute Gasteiger partial charge is 0.360 e. The van der Waals surface area contributed by atoms with Crippen LogP contribution in [0.5, 0.6) is 0 Å². The minimum atomic E-state index is -0.406. The van der Waals surface area contributed by atoms with Crippen LogP contribution in [0.2, 0.25) is 0 Å². The van der Waals surface area contributed by atoms with Crippen molar-refractivity contribution >= 4 is 11.5 Å². The third-order valence-corrected chi connectivity index (χ3v) is 6.12. The molecule has 132 valence electrons. The van der Waals surface area contributed by atoms with Crippen LogP contribution < -0.4 is 4.90 Å². The maximum absolute atomic E-state index is 13.0. The summed E-state index contributed by atoms with van der Waals surface area (Å²) in [7, 11) is 0. The molecule has 25 heavy (non-hydrogen) atoms. The summed E-state index contributed by atoms with van der Waals surface area (Å²) in [6.07, 6.45) is 2.47. The van der Waals surface area contributed by atoms with Gasteiger partial charge in [-0.3, -0.25) is 4.79 Å². The van der Waals surface area contributed by atoms with E-state index in [2.05, 4.69) is 87.2 Å². The van der Waals surface area contributed by atoms with E-state index in [9.17, 15) is 4.79 Å². The molecule has 2 aromatic rings. The minimum absolute atomic E-state index is 0.223. The van der Waals surface area contributed by atoms with Gasteiger partial charge in [-0.25, -0.2) is 0 Å². The van der Waals surface area contributed by atoms with Gasteiger partial charge in [0, 0.05) is 24.1 Å². The van der Waals surface area contributed by atoms with E-state index < -0.39 is 5.41 Å². The fourth-order valence-electron chi connectivity index (χ4n) is 4.08. The highest BCUT2D eigenvalue weighted by Gasteiger charge is 2.53. The predicted molar refractivity (Wildman–Crippen MR) is 105 cm³/mol. The molecule has 0 bridgehead atoms. The van der Waals surface area contributed by atoms with Gasteiger partial charge >= 0.3 is 0 Å². The van der Waals surface area contributed by atoms with Crippen molar-refractivity contribution in [3.8, 4) is 0 Å². The lowest BCUT2D eigenvalue weighted by atomic mass is 9.67. The number of nitrogens with zero attached hydrogens (tertiary/aromatic N) is 1. The number of hydrogen-bond acceptors (Lipinski definition) is 2. The Bertz CT molecular complexity index is 750. The quantitative estimate of drug-likeness (QED) is 0.704. The highest BCUT2D eigenvalue weighted by molar-refractivity contribution is 5.87. The average Bonchev–Trinajstić information content (AvgIpc) is 2.90. The average molecular weight is 335 g/mol. The van der Waals surface area contributed by atoms with Crippen LogP contribution in [-0.2, 0) is 17.8 Å². The van der Waals surface area contributed by atoms with E-state index in [0.29, 0.717) is 12.2 Å². The van der Waals surface area contributed by atoms with E-state index >= 15 is 0 Å². The number of carbonyl (C=O) groups excluding carboxylic acids is 1. The molecule has 0 N–H and O–H groups in total. The van der Waals surface area contributed by atoms with E-state index in [-0.39, 0.29) is 5.54 Å². The Kier molecular flexibility index (Phi) is 4.73. The van der Waals surface area contributed by atoms with E-state index in [1.807, 2.05) is 0 Å². The molecule has 0 spiro atoms. The highest BCUT2D eigenvalue weighted by atomic mass is 16.1. The second kappa shape index (κ2) is 6.67. The Morgan fingerprint density at radius 1 is 1.08 bits per heavy atom. The Hall–Kier alpha value is -2.09. The minimum Gasteiger partial charge on any atom is -0.360 e. The SMILES string of the molecule is CCCC(=O)C(C)(C)[C@@]1(C)Cc2ccccc2N1Cc1ccccc1. The Balaban J connectivity index is 2.04. The van der Waals surface area contributed by atoms with Gasteiger partial charge in [-0.15, -0.1) is 0 Å². The fourth-order valence-corrected chi connectivity index (χ4v) is 4.08. The molecule has 0 saturated heterocycles. The van der Waals surface area contributed by atoms with Crippen molar-refractivity contribution in [2.75, 3.05) is 4.90 Å². The topological polar surface area (TPSA) is 20.3 Å². The molecule has 0 amide bonds. The molecule has 1 atom stereocenters. The molecular formula is C23H29NO. The van der Waals surface area contributed by atoms with Gasteiger partial charge in [0.05, 0.1) is 5.54 Å². The number of hydrogen-bond donors (Lipinski definition) is 0. The van der Waals surface area contributed by atoms with Gasteiger partial charge in [-0.1, -0.05) is 69.3 Å². The molecule has 1 aliphatic heterocycles. The maximum atomic E-state index is 13.0. The summed E-state index contributed by atoms with van der Waals surface area (Å²) in [4.78, 5) is 15.4. The first kappa shape index (κ1) is 17.7. The van der Waals surface area contributed by atoms with Crippen LogP contribution in [0.15, 0.2) is 54.6 Å². The second-order valence-corrected chi connectivity index (χ2v) is 7.95. The molecular weight excluding hydrogens is 306 g/mol. The maximum Gasteiger partial charge on any atom is 0.140 e. The van der Waals surface area contributed by atoms with Gasteiger partial charge < -0.3 is 4.90 Å². The summed E-state index contributed by atoms with van der Waals surface area (Å²) in [5.41, 5.74) is 3.27. The first-order valence-corrected chi connectivity index (χ1v) is 9.33. The molecule has 0 aromatic heterocycles. The lowest BCUT2D eigenvalue weighted by Gasteiger charge is -2.48. The van der Waals surface area contributed by atoms with Crippen molar-refractivity contribution in [1.29, 1.82) is 0 Å². The van der Waals surface area contributed by atoms with Crippen LogP contribution in [-0.4, -0.2) is 11.3 Å². The Labute approximate surface area is 151 Å². The second-order valence-electron chi connectivity index (χ2n) is 7.95. The van der Waals surface area contributed by atoms with Gasteiger partial charge in [-0.05, 0) is 37.0 Å². The first-order valence-electron chi connectivity index (χ1n) is 9.33. The molecule has 1 heterocycles. The number of anilines is 1. The summed E-state index contributed by atoms with van der Waals surface area (Å²) in [5, 5.41) is 0. The summed E-state index contributed by atoms with van der Waals surface area (Å²) in [6.45, 7) is 9.45. The van der Waals surface area contributed by atoms with E-state index in [1.165, 1.54) is 16.8 Å². The molecule has 0 radical (unpaired) electrons. The van der Waals surface area contributed by atoms with Crippen LogP contribution in [0, 0.1) is 5.41 Å². The number of ketones is 1. The van der Waals surface area contributed by atoms with Crippen molar-refractivity contribution < 1.29 is 4.79 Å². The van der Waals surface area contributed by atoms with Gasteiger partial charge in [0.15, 0.2) is 0 Å². The van der Waals surface area contributed by atoms with Crippen LogP contribution >= 0.6 is 0 Å². The summed E-state index contributed by atoms with van der Waals surface area (Å²) in [5.74, 6) is 0.364. The van der Waals surface area contributed by atoms with E-state index in [0.717, 1.165) is 19.4 Å². The van der Waals surface area contributed by atoms with Crippen LogP contribution in [0.3, 0.4) is 0 Å². The lowest BCUT2D eigenvalue weighted by molar-refractivity contribution is -0.130. The fraction of sp³-hybridized carbons (Fsp3) is 0.435. The highest BCUT2D eigenvalue weighted by Crippen LogP contribution is 2.49.